The second kappa shape index (κ2) is 3.94. The fourth-order valence-corrected chi connectivity index (χ4v) is 1.51. The van der Waals surface area contributed by atoms with Crippen molar-refractivity contribution >= 4 is 17.3 Å². The van der Waals surface area contributed by atoms with Crippen molar-refractivity contribution < 1.29 is 0 Å². The minimum Gasteiger partial charge on any atom is -0.351 e. The standard InChI is InChI=1S/C6H8N6S/c1(5-7-3-4-13-5)2-8-6-9-11-12-10-6/h3-4H,1-2H2,(H2,8,9,10,11,12). The highest BCUT2D eigenvalue weighted by Crippen LogP contribution is 2.04. The molecule has 0 bridgehead atoms. The van der Waals surface area contributed by atoms with Crippen LogP contribution in [0.25, 0.3) is 0 Å². The van der Waals surface area contributed by atoms with Crippen molar-refractivity contribution in [2.45, 2.75) is 6.42 Å². The Bertz CT molecular complexity index is 294. The van der Waals surface area contributed by atoms with E-state index >= 15 is 0 Å². The molecule has 2 aromatic rings. The third-order valence-electron chi connectivity index (χ3n) is 1.45. The number of nitrogens with zero attached hydrogens (tertiary/aromatic N) is 4. The summed E-state index contributed by atoms with van der Waals surface area (Å²) in [6.45, 7) is 0.771. The fraction of sp³-hybridized carbons (Fsp3) is 0.333. The zero-order valence-electron chi connectivity index (χ0n) is 6.77. The first-order valence-corrected chi connectivity index (χ1v) is 4.69. The zero-order chi connectivity index (χ0) is 8.93. The maximum Gasteiger partial charge on any atom is 0.263 e. The average Bonchev–Trinajstić information content (AvgIpc) is 2.75. The number of anilines is 1. The molecule has 2 aromatic heterocycles. The van der Waals surface area contributed by atoms with Gasteiger partial charge in [-0.25, -0.2) is 4.98 Å². The molecule has 0 spiro atoms. The fourth-order valence-electron chi connectivity index (χ4n) is 0.894. The summed E-state index contributed by atoms with van der Waals surface area (Å²) in [4.78, 5) is 4.15. The largest absolute Gasteiger partial charge is 0.351 e. The molecule has 7 heteroatoms. The number of aromatic nitrogens is 5. The van der Waals surface area contributed by atoms with Crippen molar-refractivity contribution in [2.24, 2.45) is 0 Å². The van der Waals surface area contributed by atoms with Crippen LogP contribution < -0.4 is 5.32 Å². The molecule has 0 aliphatic rings. The van der Waals surface area contributed by atoms with E-state index in [1.54, 1.807) is 17.5 Å². The number of nitrogens with one attached hydrogen (secondary N) is 2. The zero-order valence-corrected chi connectivity index (χ0v) is 7.58. The Morgan fingerprint density at radius 3 is 3.23 bits per heavy atom. The van der Waals surface area contributed by atoms with Gasteiger partial charge in [-0.05, 0) is 5.21 Å². The van der Waals surface area contributed by atoms with Gasteiger partial charge in [0.15, 0.2) is 0 Å². The summed E-state index contributed by atoms with van der Waals surface area (Å²) in [5.74, 6) is 0.525. The van der Waals surface area contributed by atoms with Crippen LogP contribution in [0.4, 0.5) is 5.95 Å². The van der Waals surface area contributed by atoms with Crippen LogP contribution in [-0.2, 0) is 6.42 Å². The van der Waals surface area contributed by atoms with Crippen molar-refractivity contribution in [2.75, 3.05) is 11.9 Å². The van der Waals surface area contributed by atoms with Gasteiger partial charge in [-0.3, -0.25) is 0 Å². The van der Waals surface area contributed by atoms with Crippen LogP contribution in [-0.4, -0.2) is 32.2 Å². The number of H-pyrrole nitrogens is 1. The van der Waals surface area contributed by atoms with E-state index in [1.807, 2.05) is 5.38 Å². The topological polar surface area (TPSA) is 79.4 Å². The number of aromatic amines is 1. The summed E-state index contributed by atoms with van der Waals surface area (Å²) in [6, 6.07) is 0. The number of hydrogen-bond acceptors (Lipinski definition) is 6. The Balaban J connectivity index is 1.76. The van der Waals surface area contributed by atoms with Gasteiger partial charge in [0.2, 0.25) is 0 Å². The smallest absolute Gasteiger partial charge is 0.263 e. The minimum atomic E-state index is 0.525. The van der Waals surface area contributed by atoms with Crippen LogP contribution in [0.15, 0.2) is 11.6 Å². The lowest BCUT2D eigenvalue weighted by Crippen LogP contribution is -2.05. The number of hydrogen-bond donors (Lipinski definition) is 2. The molecule has 0 aliphatic heterocycles. The molecule has 0 radical (unpaired) electrons. The van der Waals surface area contributed by atoms with Crippen molar-refractivity contribution in [1.29, 1.82) is 0 Å². The van der Waals surface area contributed by atoms with Gasteiger partial charge in [0.25, 0.3) is 5.95 Å². The lowest BCUT2D eigenvalue weighted by Gasteiger charge is -1.96. The molecule has 2 heterocycles. The molecule has 6 nitrogen and oxygen atoms in total. The van der Waals surface area contributed by atoms with E-state index in [2.05, 4.69) is 30.9 Å². The molecule has 68 valence electrons. The molecule has 2 rings (SSSR count). The quantitative estimate of drug-likeness (QED) is 0.735. The van der Waals surface area contributed by atoms with Crippen LogP contribution in [0.2, 0.25) is 0 Å². The van der Waals surface area contributed by atoms with Crippen molar-refractivity contribution in [3.8, 4) is 0 Å². The first-order chi connectivity index (χ1) is 6.45. The molecule has 0 unspecified atom stereocenters. The molecule has 0 atom stereocenters. The Kier molecular flexibility index (Phi) is 2.46. The van der Waals surface area contributed by atoms with E-state index in [0.29, 0.717) is 5.95 Å². The maximum absolute atomic E-state index is 4.15. The third kappa shape index (κ3) is 2.22. The SMILES string of the molecule is c1csc(CCNc2nn[nH]n2)n1. The summed E-state index contributed by atoms with van der Waals surface area (Å²) in [5.41, 5.74) is 0. The molecule has 0 amide bonds. The molecular formula is C6H8N6S. The molecule has 13 heavy (non-hydrogen) atoms. The Morgan fingerprint density at radius 1 is 1.54 bits per heavy atom. The van der Waals surface area contributed by atoms with E-state index < -0.39 is 0 Å². The number of thiazole rings is 1. The van der Waals surface area contributed by atoms with Crippen LogP contribution in [0, 0.1) is 0 Å². The Hall–Kier alpha value is -1.50. The van der Waals surface area contributed by atoms with Gasteiger partial charge < -0.3 is 5.32 Å². The lowest BCUT2D eigenvalue weighted by atomic mass is 10.4. The normalized spacial score (nSPS) is 10.2. The van der Waals surface area contributed by atoms with Gasteiger partial charge in [-0.2, -0.15) is 5.21 Å². The van der Waals surface area contributed by atoms with Gasteiger partial charge in [0.1, 0.15) is 0 Å². The van der Waals surface area contributed by atoms with Crippen LogP contribution in [0.3, 0.4) is 0 Å². The van der Waals surface area contributed by atoms with Crippen molar-refractivity contribution in [1.82, 2.24) is 25.6 Å². The Labute approximate surface area is 78.4 Å². The second-order valence-corrected chi connectivity index (χ2v) is 3.32. The van der Waals surface area contributed by atoms with Gasteiger partial charge in [-0.15, -0.1) is 16.4 Å². The van der Waals surface area contributed by atoms with E-state index in [4.69, 9.17) is 0 Å². The van der Waals surface area contributed by atoms with Gasteiger partial charge in [-0.1, -0.05) is 5.10 Å². The van der Waals surface area contributed by atoms with Gasteiger partial charge in [0.05, 0.1) is 5.01 Å². The minimum absolute atomic E-state index is 0.525. The highest BCUT2D eigenvalue weighted by molar-refractivity contribution is 7.09. The second-order valence-electron chi connectivity index (χ2n) is 2.34. The summed E-state index contributed by atoms with van der Waals surface area (Å²) in [7, 11) is 0. The highest BCUT2D eigenvalue weighted by Gasteiger charge is 1.97. The molecule has 0 fully saturated rings. The highest BCUT2D eigenvalue weighted by atomic mass is 32.1. The van der Waals surface area contributed by atoms with E-state index in [-0.39, 0.29) is 0 Å². The van der Waals surface area contributed by atoms with Crippen molar-refractivity contribution in [3.63, 3.8) is 0 Å². The third-order valence-corrected chi connectivity index (χ3v) is 2.29. The Morgan fingerprint density at radius 2 is 2.54 bits per heavy atom. The molecule has 0 saturated heterocycles. The molecule has 0 aliphatic carbocycles. The lowest BCUT2D eigenvalue weighted by molar-refractivity contribution is 0.881. The van der Waals surface area contributed by atoms with Gasteiger partial charge >= 0.3 is 0 Å². The molecule has 0 saturated carbocycles. The van der Waals surface area contributed by atoms with Crippen LogP contribution in [0.1, 0.15) is 5.01 Å². The van der Waals surface area contributed by atoms with Crippen molar-refractivity contribution in [3.05, 3.63) is 16.6 Å². The van der Waals surface area contributed by atoms with Crippen LogP contribution in [0.5, 0.6) is 0 Å². The predicted octanol–water partition coefficient (Wildman–Crippen LogP) is 0.311. The summed E-state index contributed by atoms with van der Waals surface area (Å²) in [5, 5.41) is 19.4. The average molecular weight is 196 g/mol. The summed E-state index contributed by atoms with van der Waals surface area (Å²) in [6.07, 6.45) is 2.68. The maximum atomic E-state index is 4.15. The number of tetrazole rings is 1. The molecule has 0 aromatic carbocycles. The first kappa shape index (κ1) is 8.11. The monoisotopic (exact) mass is 196 g/mol. The van der Waals surface area contributed by atoms with Gasteiger partial charge in [0, 0.05) is 24.5 Å². The molecular weight excluding hydrogens is 188 g/mol. The van der Waals surface area contributed by atoms with Crippen LogP contribution >= 0.6 is 11.3 Å². The summed E-state index contributed by atoms with van der Waals surface area (Å²) >= 11 is 1.64. The summed E-state index contributed by atoms with van der Waals surface area (Å²) < 4.78 is 0. The number of rotatable bonds is 4. The first-order valence-electron chi connectivity index (χ1n) is 3.81. The van der Waals surface area contributed by atoms with E-state index in [9.17, 15) is 0 Å². The van der Waals surface area contributed by atoms with E-state index in [1.165, 1.54) is 0 Å². The molecule has 2 N–H and O–H groups in total. The predicted molar refractivity (Wildman–Crippen MR) is 48.5 cm³/mol. The van der Waals surface area contributed by atoms with E-state index in [0.717, 1.165) is 18.0 Å².